The normalized spacial score (nSPS) is 11.5. The first-order chi connectivity index (χ1) is 10.1. The fraction of sp³-hybridized carbons (Fsp3) is 0.538. The van der Waals surface area contributed by atoms with E-state index in [1.807, 2.05) is 6.92 Å². The van der Waals surface area contributed by atoms with Gasteiger partial charge in [0, 0.05) is 39.0 Å². The van der Waals surface area contributed by atoms with E-state index in [-0.39, 0.29) is 0 Å². The number of ether oxygens (including phenoxy) is 1. The van der Waals surface area contributed by atoms with E-state index in [9.17, 15) is 0 Å². The highest BCUT2D eigenvalue weighted by Crippen LogP contribution is 2.21. The summed E-state index contributed by atoms with van der Waals surface area (Å²) in [4.78, 5) is 8.28. The second-order valence-electron chi connectivity index (χ2n) is 4.15. The molecule has 1 heterocycles. The van der Waals surface area contributed by atoms with Crippen molar-refractivity contribution in [2.75, 3.05) is 38.2 Å². The summed E-state index contributed by atoms with van der Waals surface area (Å²) < 4.78 is 5.21. The van der Waals surface area contributed by atoms with Gasteiger partial charge >= 0.3 is 0 Å². The van der Waals surface area contributed by atoms with Crippen LogP contribution in [0.5, 0.6) is 0 Å². The molecule has 0 aliphatic carbocycles. The molecule has 0 atom stereocenters. The Hall–Kier alpha value is -1.24. The number of pyridine rings is 1. The molecule has 0 aliphatic rings. The summed E-state index contributed by atoms with van der Waals surface area (Å²) in [7, 11) is 0. The smallest absolute Gasteiger partial charge is 0.188 e. The van der Waals surface area contributed by atoms with Crippen LogP contribution in [0.25, 0.3) is 0 Å². The van der Waals surface area contributed by atoms with Crippen LogP contribution in [0.2, 0.25) is 10.0 Å². The molecule has 0 bridgehead atoms. The van der Waals surface area contributed by atoms with Crippen molar-refractivity contribution in [1.29, 1.82) is 0 Å². The quantitative estimate of drug-likeness (QED) is 0.366. The Balaban J connectivity index is 2.16. The number of aromatic nitrogens is 1. The van der Waals surface area contributed by atoms with Crippen LogP contribution in [-0.4, -0.2) is 43.8 Å². The highest BCUT2D eigenvalue weighted by Gasteiger charge is 2.01. The lowest BCUT2D eigenvalue weighted by Gasteiger charge is -2.09. The lowest BCUT2D eigenvalue weighted by atomic mass is 10.4. The van der Waals surface area contributed by atoms with Gasteiger partial charge in [0.1, 0.15) is 5.82 Å². The molecule has 0 amide bonds. The predicted octanol–water partition coefficient (Wildman–Crippen LogP) is 2.13. The summed E-state index contributed by atoms with van der Waals surface area (Å²) >= 11 is 11.8. The van der Waals surface area contributed by atoms with Gasteiger partial charge in [-0.25, -0.2) is 4.98 Å². The van der Waals surface area contributed by atoms with Crippen LogP contribution in [0.15, 0.2) is 17.3 Å². The number of aliphatic imine (C=N–C) groups is 1. The van der Waals surface area contributed by atoms with Crippen molar-refractivity contribution in [3.05, 3.63) is 22.3 Å². The molecular weight excluding hydrogens is 313 g/mol. The molecule has 0 saturated heterocycles. The second-order valence-corrected chi connectivity index (χ2v) is 5.00. The second kappa shape index (κ2) is 10.5. The third kappa shape index (κ3) is 7.94. The minimum Gasteiger partial charge on any atom is -0.382 e. The van der Waals surface area contributed by atoms with Crippen LogP contribution in [0.1, 0.15) is 13.3 Å². The summed E-state index contributed by atoms with van der Waals surface area (Å²) in [6.07, 6.45) is 2.40. The summed E-state index contributed by atoms with van der Waals surface area (Å²) in [5, 5.41) is 7.08. The maximum atomic E-state index is 5.99. The number of nitrogens with two attached hydrogens (primary N) is 1. The monoisotopic (exact) mass is 333 g/mol. The lowest BCUT2D eigenvalue weighted by molar-refractivity contribution is 0.146. The zero-order valence-electron chi connectivity index (χ0n) is 12.0. The van der Waals surface area contributed by atoms with E-state index in [1.54, 1.807) is 6.07 Å². The highest BCUT2D eigenvalue weighted by atomic mass is 35.5. The largest absolute Gasteiger partial charge is 0.382 e. The van der Waals surface area contributed by atoms with Gasteiger partial charge in [-0.3, -0.25) is 4.99 Å². The molecular formula is C13H21Cl2N5O. The van der Waals surface area contributed by atoms with Crippen LogP contribution < -0.4 is 16.4 Å². The molecule has 6 nitrogen and oxygen atoms in total. The first-order valence-electron chi connectivity index (χ1n) is 6.80. The van der Waals surface area contributed by atoms with Crippen molar-refractivity contribution in [2.45, 2.75) is 13.3 Å². The number of halogens is 2. The Kier molecular flexibility index (Phi) is 8.89. The molecule has 4 N–H and O–H groups in total. The van der Waals surface area contributed by atoms with E-state index in [1.165, 1.54) is 6.20 Å². The number of nitrogens with zero attached hydrogens (tertiary/aromatic N) is 2. The fourth-order valence-corrected chi connectivity index (χ4v) is 1.93. The number of guanidine groups is 1. The van der Waals surface area contributed by atoms with Crippen LogP contribution in [0.4, 0.5) is 5.82 Å². The Morgan fingerprint density at radius 2 is 2.24 bits per heavy atom. The molecule has 0 aromatic carbocycles. The van der Waals surface area contributed by atoms with E-state index >= 15 is 0 Å². The average molecular weight is 334 g/mol. The summed E-state index contributed by atoms with van der Waals surface area (Å²) in [5.74, 6) is 1.01. The minimum atomic E-state index is 0.420. The number of nitrogens with one attached hydrogen (secondary N) is 2. The number of rotatable bonds is 9. The van der Waals surface area contributed by atoms with Crippen LogP contribution in [0.3, 0.4) is 0 Å². The summed E-state index contributed by atoms with van der Waals surface area (Å²) in [6, 6.07) is 1.64. The van der Waals surface area contributed by atoms with Crippen LogP contribution in [0, 0.1) is 0 Å². The third-order valence-corrected chi connectivity index (χ3v) is 2.96. The maximum absolute atomic E-state index is 5.99. The Labute approximate surface area is 135 Å². The van der Waals surface area contributed by atoms with Crippen molar-refractivity contribution in [3.8, 4) is 0 Å². The Bertz CT molecular complexity index is 456. The van der Waals surface area contributed by atoms with Crippen LogP contribution in [-0.2, 0) is 4.74 Å². The number of hydrogen-bond acceptors (Lipinski definition) is 4. The predicted molar refractivity (Wildman–Crippen MR) is 88.3 cm³/mol. The van der Waals surface area contributed by atoms with Crippen molar-refractivity contribution < 1.29 is 4.74 Å². The zero-order chi connectivity index (χ0) is 15.5. The molecule has 118 valence electrons. The van der Waals surface area contributed by atoms with Gasteiger partial charge in [0.25, 0.3) is 0 Å². The van der Waals surface area contributed by atoms with Crippen molar-refractivity contribution in [3.63, 3.8) is 0 Å². The van der Waals surface area contributed by atoms with Gasteiger partial charge in [0.2, 0.25) is 0 Å². The first-order valence-corrected chi connectivity index (χ1v) is 7.55. The number of anilines is 1. The number of hydrogen-bond donors (Lipinski definition) is 3. The van der Waals surface area contributed by atoms with E-state index in [0.717, 1.165) is 13.0 Å². The highest BCUT2D eigenvalue weighted by molar-refractivity contribution is 6.35. The van der Waals surface area contributed by atoms with Gasteiger partial charge in [0.05, 0.1) is 10.0 Å². The van der Waals surface area contributed by atoms with E-state index in [0.29, 0.717) is 48.1 Å². The molecule has 0 fully saturated rings. The van der Waals surface area contributed by atoms with Gasteiger partial charge < -0.3 is 21.1 Å². The van der Waals surface area contributed by atoms with Gasteiger partial charge in [-0.1, -0.05) is 23.2 Å². The van der Waals surface area contributed by atoms with E-state index < -0.39 is 0 Å². The molecule has 21 heavy (non-hydrogen) atoms. The van der Waals surface area contributed by atoms with Gasteiger partial charge in [-0.2, -0.15) is 0 Å². The fourth-order valence-electron chi connectivity index (χ4n) is 1.48. The molecule has 0 spiro atoms. The Morgan fingerprint density at radius 3 is 2.95 bits per heavy atom. The van der Waals surface area contributed by atoms with Crippen molar-refractivity contribution in [2.24, 2.45) is 10.7 Å². The standard InChI is InChI=1S/C13H21Cl2N5O/c1-2-21-7-3-4-18-13(16)19-6-5-17-12-11(15)8-10(14)9-20-12/h8-9H,2-7H2,1H3,(H,17,20)(H3,16,18,19). The molecule has 0 saturated carbocycles. The van der Waals surface area contributed by atoms with Crippen LogP contribution >= 0.6 is 23.2 Å². The van der Waals surface area contributed by atoms with Gasteiger partial charge in [-0.05, 0) is 19.4 Å². The SMILES string of the molecule is CCOCCCN=C(N)NCCNc1ncc(Cl)cc1Cl. The lowest BCUT2D eigenvalue weighted by Crippen LogP contribution is -2.35. The summed E-state index contributed by atoms with van der Waals surface area (Å²) in [5.41, 5.74) is 5.73. The van der Waals surface area contributed by atoms with Crippen molar-refractivity contribution in [1.82, 2.24) is 10.3 Å². The minimum absolute atomic E-state index is 0.420. The first kappa shape index (κ1) is 17.8. The van der Waals surface area contributed by atoms with E-state index in [2.05, 4.69) is 20.6 Å². The molecule has 0 aliphatic heterocycles. The summed E-state index contributed by atoms with van der Waals surface area (Å²) in [6.45, 7) is 5.27. The molecule has 1 aromatic rings. The van der Waals surface area contributed by atoms with Gasteiger partial charge in [0.15, 0.2) is 5.96 Å². The molecule has 0 radical (unpaired) electrons. The topological polar surface area (TPSA) is 84.6 Å². The third-order valence-electron chi connectivity index (χ3n) is 2.46. The average Bonchev–Trinajstić information content (AvgIpc) is 2.45. The van der Waals surface area contributed by atoms with Crippen molar-refractivity contribution >= 4 is 35.0 Å². The zero-order valence-corrected chi connectivity index (χ0v) is 13.5. The Morgan fingerprint density at radius 1 is 1.43 bits per heavy atom. The van der Waals surface area contributed by atoms with E-state index in [4.69, 9.17) is 33.7 Å². The molecule has 8 heteroatoms. The maximum Gasteiger partial charge on any atom is 0.188 e. The molecule has 1 rings (SSSR count). The molecule has 1 aromatic heterocycles. The van der Waals surface area contributed by atoms with Gasteiger partial charge in [-0.15, -0.1) is 0 Å². The molecule has 0 unspecified atom stereocenters.